The van der Waals surface area contributed by atoms with Crippen molar-refractivity contribution >= 4 is 0 Å². The van der Waals surface area contributed by atoms with E-state index >= 15 is 0 Å². The molecular formula is C15H23NO2. The molecule has 1 atom stereocenters. The van der Waals surface area contributed by atoms with E-state index in [0.29, 0.717) is 0 Å². The first kappa shape index (κ1) is 14.6. The Morgan fingerprint density at radius 2 is 2.11 bits per heavy atom. The third kappa shape index (κ3) is 3.77. The number of hydrogen-bond donors (Lipinski definition) is 1. The summed E-state index contributed by atoms with van der Waals surface area (Å²) in [6.07, 6.45) is 3.91. The highest BCUT2D eigenvalue weighted by Gasteiger charge is 2.14. The Labute approximate surface area is 110 Å². The minimum atomic E-state index is 0.239. The molecule has 0 saturated carbocycles. The first-order chi connectivity index (χ1) is 8.76. The lowest BCUT2D eigenvalue weighted by Gasteiger charge is -2.20. The summed E-state index contributed by atoms with van der Waals surface area (Å²) in [5, 5.41) is 3.51. The SMILES string of the molecule is C=CCC(NCCC)c1ccc(OC)cc1OC. The molecule has 0 amide bonds. The van der Waals surface area contributed by atoms with Gasteiger partial charge in [-0.25, -0.2) is 0 Å². The number of hydrogen-bond acceptors (Lipinski definition) is 3. The highest BCUT2D eigenvalue weighted by molar-refractivity contribution is 5.42. The van der Waals surface area contributed by atoms with Crippen molar-refractivity contribution in [1.82, 2.24) is 5.32 Å². The van der Waals surface area contributed by atoms with Gasteiger partial charge in [-0.05, 0) is 25.5 Å². The summed E-state index contributed by atoms with van der Waals surface area (Å²) in [5.41, 5.74) is 1.15. The van der Waals surface area contributed by atoms with Gasteiger partial charge in [-0.3, -0.25) is 0 Å². The second-order valence-electron chi connectivity index (χ2n) is 4.14. The maximum atomic E-state index is 5.44. The van der Waals surface area contributed by atoms with Gasteiger partial charge in [0, 0.05) is 17.7 Å². The summed E-state index contributed by atoms with van der Waals surface area (Å²) in [7, 11) is 3.34. The van der Waals surface area contributed by atoms with Crippen LogP contribution in [0, 0.1) is 0 Å². The van der Waals surface area contributed by atoms with Crippen LogP contribution in [-0.4, -0.2) is 20.8 Å². The molecule has 0 bridgehead atoms. The lowest BCUT2D eigenvalue weighted by molar-refractivity contribution is 0.384. The molecule has 0 aliphatic rings. The van der Waals surface area contributed by atoms with Crippen molar-refractivity contribution in [1.29, 1.82) is 0 Å². The first-order valence-corrected chi connectivity index (χ1v) is 6.33. The Kier molecular flexibility index (Phi) is 6.29. The third-order valence-corrected chi connectivity index (χ3v) is 2.86. The zero-order valence-corrected chi connectivity index (χ0v) is 11.5. The standard InChI is InChI=1S/C15H23NO2/c1-5-7-14(16-10-6-2)13-9-8-12(17-3)11-15(13)18-4/h5,8-9,11,14,16H,1,6-7,10H2,2-4H3. The number of nitrogens with one attached hydrogen (secondary N) is 1. The summed E-state index contributed by atoms with van der Waals surface area (Å²) in [4.78, 5) is 0. The van der Waals surface area contributed by atoms with Gasteiger partial charge in [0.15, 0.2) is 0 Å². The molecule has 0 radical (unpaired) electrons. The van der Waals surface area contributed by atoms with Crippen molar-refractivity contribution in [3.8, 4) is 11.5 Å². The minimum absolute atomic E-state index is 0.239. The average Bonchev–Trinajstić information content (AvgIpc) is 2.42. The Morgan fingerprint density at radius 1 is 1.33 bits per heavy atom. The van der Waals surface area contributed by atoms with Gasteiger partial charge in [0.2, 0.25) is 0 Å². The molecule has 0 aliphatic heterocycles. The maximum Gasteiger partial charge on any atom is 0.127 e. The van der Waals surface area contributed by atoms with E-state index in [1.807, 2.05) is 18.2 Å². The lowest BCUT2D eigenvalue weighted by atomic mass is 10.0. The molecule has 1 aromatic rings. The van der Waals surface area contributed by atoms with Crippen LogP contribution in [0.15, 0.2) is 30.9 Å². The Hall–Kier alpha value is -1.48. The molecule has 0 aromatic heterocycles. The van der Waals surface area contributed by atoms with Gasteiger partial charge in [-0.1, -0.05) is 19.1 Å². The largest absolute Gasteiger partial charge is 0.497 e. The van der Waals surface area contributed by atoms with Crippen LogP contribution in [0.5, 0.6) is 11.5 Å². The average molecular weight is 249 g/mol. The predicted octanol–water partition coefficient (Wildman–Crippen LogP) is 3.32. The Morgan fingerprint density at radius 3 is 2.67 bits per heavy atom. The fourth-order valence-electron chi connectivity index (χ4n) is 1.91. The summed E-state index contributed by atoms with van der Waals surface area (Å²) in [6.45, 7) is 6.95. The van der Waals surface area contributed by atoms with Crippen molar-refractivity contribution in [3.63, 3.8) is 0 Å². The minimum Gasteiger partial charge on any atom is -0.497 e. The topological polar surface area (TPSA) is 30.5 Å². The zero-order chi connectivity index (χ0) is 13.4. The molecule has 0 heterocycles. The highest BCUT2D eigenvalue weighted by Crippen LogP contribution is 2.31. The molecule has 18 heavy (non-hydrogen) atoms. The number of rotatable bonds is 8. The first-order valence-electron chi connectivity index (χ1n) is 6.33. The van der Waals surface area contributed by atoms with Gasteiger partial charge in [0.05, 0.1) is 14.2 Å². The second-order valence-corrected chi connectivity index (χ2v) is 4.14. The fraction of sp³-hybridized carbons (Fsp3) is 0.467. The second kappa shape index (κ2) is 7.77. The summed E-state index contributed by atoms with van der Waals surface area (Å²) >= 11 is 0. The van der Waals surface area contributed by atoms with E-state index in [1.165, 1.54) is 0 Å². The smallest absolute Gasteiger partial charge is 0.127 e. The predicted molar refractivity (Wildman–Crippen MR) is 75.4 cm³/mol. The van der Waals surface area contributed by atoms with Crippen LogP contribution in [-0.2, 0) is 0 Å². The van der Waals surface area contributed by atoms with E-state index in [9.17, 15) is 0 Å². The van der Waals surface area contributed by atoms with Gasteiger partial charge >= 0.3 is 0 Å². The molecule has 1 rings (SSSR count). The summed E-state index contributed by atoms with van der Waals surface area (Å²) < 4.78 is 10.7. The molecule has 100 valence electrons. The Bertz CT molecular complexity index is 377. The van der Waals surface area contributed by atoms with E-state index in [-0.39, 0.29) is 6.04 Å². The fourth-order valence-corrected chi connectivity index (χ4v) is 1.91. The zero-order valence-electron chi connectivity index (χ0n) is 11.5. The molecule has 1 unspecified atom stereocenters. The van der Waals surface area contributed by atoms with Crippen molar-refractivity contribution < 1.29 is 9.47 Å². The highest BCUT2D eigenvalue weighted by atomic mass is 16.5. The van der Waals surface area contributed by atoms with Gasteiger partial charge in [-0.2, -0.15) is 0 Å². The molecule has 1 aromatic carbocycles. The number of methoxy groups -OCH3 is 2. The summed E-state index contributed by atoms with van der Waals surface area (Å²) in [5.74, 6) is 1.66. The normalized spacial score (nSPS) is 11.9. The van der Waals surface area contributed by atoms with Crippen molar-refractivity contribution in [2.24, 2.45) is 0 Å². The van der Waals surface area contributed by atoms with Crippen molar-refractivity contribution in [2.75, 3.05) is 20.8 Å². The summed E-state index contributed by atoms with van der Waals surface area (Å²) in [6, 6.07) is 6.16. The van der Waals surface area contributed by atoms with Crippen LogP contribution in [0.25, 0.3) is 0 Å². The van der Waals surface area contributed by atoms with E-state index < -0.39 is 0 Å². The van der Waals surface area contributed by atoms with E-state index in [0.717, 1.165) is 36.4 Å². The van der Waals surface area contributed by atoms with Crippen LogP contribution in [0.3, 0.4) is 0 Å². The van der Waals surface area contributed by atoms with Crippen molar-refractivity contribution in [2.45, 2.75) is 25.8 Å². The maximum absolute atomic E-state index is 5.44. The third-order valence-electron chi connectivity index (χ3n) is 2.86. The number of ether oxygens (including phenoxy) is 2. The molecule has 3 nitrogen and oxygen atoms in total. The van der Waals surface area contributed by atoms with Crippen LogP contribution < -0.4 is 14.8 Å². The molecule has 0 fully saturated rings. The number of benzene rings is 1. The van der Waals surface area contributed by atoms with Crippen molar-refractivity contribution in [3.05, 3.63) is 36.4 Å². The monoisotopic (exact) mass is 249 g/mol. The van der Waals surface area contributed by atoms with E-state index in [2.05, 4.69) is 24.9 Å². The van der Waals surface area contributed by atoms with Crippen LogP contribution >= 0.6 is 0 Å². The molecule has 3 heteroatoms. The van der Waals surface area contributed by atoms with Gasteiger partial charge < -0.3 is 14.8 Å². The lowest BCUT2D eigenvalue weighted by Crippen LogP contribution is -2.22. The van der Waals surface area contributed by atoms with E-state index in [1.54, 1.807) is 14.2 Å². The van der Waals surface area contributed by atoms with Crippen LogP contribution in [0.1, 0.15) is 31.4 Å². The Balaban J connectivity index is 2.98. The van der Waals surface area contributed by atoms with Gasteiger partial charge in [0.25, 0.3) is 0 Å². The van der Waals surface area contributed by atoms with Crippen LogP contribution in [0.4, 0.5) is 0 Å². The quantitative estimate of drug-likeness (QED) is 0.717. The molecule has 0 spiro atoms. The van der Waals surface area contributed by atoms with Crippen LogP contribution in [0.2, 0.25) is 0 Å². The van der Waals surface area contributed by atoms with E-state index in [4.69, 9.17) is 9.47 Å². The molecule has 0 saturated heterocycles. The van der Waals surface area contributed by atoms with Gasteiger partial charge in [-0.15, -0.1) is 6.58 Å². The van der Waals surface area contributed by atoms with Gasteiger partial charge in [0.1, 0.15) is 11.5 Å². The molecular weight excluding hydrogens is 226 g/mol. The molecule has 1 N–H and O–H groups in total. The molecule has 0 aliphatic carbocycles.